The first-order chi connectivity index (χ1) is 8.98. The van der Waals surface area contributed by atoms with Crippen molar-refractivity contribution in [3.05, 3.63) is 28.7 Å². The molecule has 0 amide bonds. The molecule has 2 atom stereocenters. The van der Waals surface area contributed by atoms with Crippen molar-refractivity contribution in [3.8, 4) is 0 Å². The number of halogens is 2. The Hall–Kier alpha value is -0.140. The largest absolute Gasteiger partial charge is 0.329 e. The van der Waals surface area contributed by atoms with E-state index in [2.05, 4.69) is 22.9 Å². The van der Waals surface area contributed by atoms with Crippen molar-refractivity contribution in [1.29, 1.82) is 0 Å². The summed E-state index contributed by atoms with van der Waals surface area (Å²) in [6.07, 6.45) is 1.92. The molecule has 2 rings (SSSR count). The molecule has 1 aliphatic heterocycles. The van der Waals surface area contributed by atoms with Crippen LogP contribution in [0.3, 0.4) is 0 Å². The van der Waals surface area contributed by atoms with Crippen LogP contribution in [0.1, 0.15) is 19.8 Å². The third-order valence-corrected chi connectivity index (χ3v) is 6.67. The Bertz CT molecular complexity index is 553. The van der Waals surface area contributed by atoms with Gasteiger partial charge in [0.1, 0.15) is 0 Å². The Labute approximate surface area is 135 Å². The van der Waals surface area contributed by atoms with Crippen molar-refractivity contribution >= 4 is 38.4 Å². The van der Waals surface area contributed by atoms with Gasteiger partial charge in [-0.2, -0.15) is 4.31 Å². The number of nitrogens with zero attached hydrogens (tertiary/aromatic N) is 1. The normalized spacial score (nSPS) is 24.1. The zero-order valence-electron chi connectivity index (χ0n) is 11.3. The fraction of sp³-hybridized carbons (Fsp3) is 0.538. The van der Waals surface area contributed by atoms with Gasteiger partial charge in [-0.1, -0.05) is 19.1 Å². The Morgan fingerprint density at radius 3 is 2.65 bits per heavy atom. The first-order valence-corrected chi connectivity index (χ1v) is 8.68. The lowest BCUT2D eigenvalue weighted by Gasteiger charge is -2.38. The van der Waals surface area contributed by atoms with E-state index in [-0.39, 0.29) is 18.4 Å². The highest BCUT2D eigenvalue weighted by Gasteiger charge is 2.37. The molecule has 7 heteroatoms. The van der Waals surface area contributed by atoms with Crippen molar-refractivity contribution in [2.75, 3.05) is 13.1 Å². The summed E-state index contributed by atoms with van der Waals surface area (Å²) >= 11 is 3.32. The molecule has 1 heterocycles. The molecule has 0 saturated carbocycles. The zero-order valence-corrected chi connectivity index (χ0v) is 14.5. The van der Waals surface area contributed by atoms with Crippen molar-refractivity contribution in [2.45, 2.75) is 30.7 Å². The monoisotopic (exact) mass is 382 g/mol. The molecule has 1 aromatic rings. The van der Waals surface area contributed by atoms with Crippen LogP contribution in [0.2, 0.25) is 0 Å². The summed E-state index contributed by atoms with van der Waals surface area (Å²) in [7, 11) is -3.48. The fourth-order valence-electron chi connectivity index (χ4n) is 2.64. The summed E-state index contributed by atoms with van der Waals surface area (Å²) in [6, 6.07) is 6.82. The molecule has 2 unspecified atom stereocenters. The van der Waals surface area contributed by atoms with E-state index in [9.17, 15) is 8.42 Å². The van der Waals surface area contributed by atoms with E-state index in [1.807, 2.05) is 6.07 Å². The molecule has 114 valence electrons. The van der Waals surface area contributed by atoms with E-state index in [0.717, 1.165) is 12.8 Å². The molecular formula is C13H20BrClN2O2S. The second kappa shape index (κ2) is 7.22. The maximum Gasteiger partial charge on any atom is 0.244 e. The van der Waals surface area contributed by atoms with Crippen molar-refractivity contribution < 1.29 is 8.42 Å². The Morgan fingerprint density at radius 1 is 1.40 bits per heavy atom. The Kier molecular flexibility index (Phi) is 6.47. The number of benzene rings is 1. The molecule has 0 aromatic heterocycles. The SMILES string of the molecule is CC1CCCN(S(=O)(=O)c2ccccc2Br)C1CN.Cl. The standard InChI is InChI=1S/C13H19BrN2O2S.ClH/c1-10-5-4-8-16(12(10)9-15)19(17,18)13-7-3-2-6-11(13)14;/h2-3,6-7,10,12H,4-5,8-9,15H2,1H3;1H. The van der Waals surface area contributed by atoms with E-state index in [0.29, 0.717) is 28.4 Å². The van der Waals surface area contributed by atoms with E-state index in [1.54, 1.807) is 22.5 Å². The van der Waals surface area contributed by atoms with Gasteiger partial charge in [0.25, 0.3) is 0 Å². The second-order valence-corrected chi connectivity index (χ2v) is 7.68. The highest BCUT2D eigenvalue weighted by molar-refractivity contribution is 9.10. The maximum atomic E-state index is 12.8. The summed E-state index contributed by atoms with van der Waals surface area (Å²) < 4.78 is 27.7. The van der Waals surface area contributed by atoms with Gasteiger partial charge < -0.3 is 5.73 Å². The van der Waals surface area contributed by atoms with Gasteiger partial charge in [-0.25, -0.2) is 8.42 Å². The van der Waals surface area contributed by atoms with Crippen LogP contribution in [0.5, 0.6) is 0 Å². The molecule has 2 N–H and O–H groups in total. The topological polar surface area (TPSA) is 63.4 Å². The van der Waals surface area contributed by atoms with Crippen LogP contribution in [0.15, 0.2) is 33.6 Å². The van der Waals surface area contributed by atoms with Crippen LogP contribution < -0.4 is 5.73 Å². The predicted molar refractivity (Wildman–Crippen MR) is 86.5 cm³/mol. The van der Waals surface area contributed by atoms with E-state index in [4.69, 9.17) is 5.73 Å². The summed E-state index contributed by atoms with van der Waals surface area (Å²) in [6.45, 7) is 2.99. The molecule has 20 heavy (non-hydrogen) atoms. The van der Waals surface area contributed by atoms with Gasteiger partial charge in [0.15, 0.2) is 0 Å². The minimum absolute atomic E-state index is 0. The molecule has 0 radical (unpaired) electrons. The summed E-state index contributed by atoms with van der Waals surface area (Å²) in [4.78, 5) is 0.322. The third-order valence-electron chi connectivity index (χ3n) is 3.73. The van der Waals surface area contributed by atoms with Gasteiger partial charge in [0.05, 0.1) is 4.90 Å². The van der Waals surface area contributed by atoms with Crippen molar-refractivity contribution in [3.63, 3.8) is 0 Å². The highest BCUT2D eigenvalue weighted by Crippen LogP contribution is 2.31. The number of hydrogen-bond donors (Lipinski definition) is 1. The molecule has 1 saturated heterocycles. The summed E-state index contributed by atoms with van der Waals surface area (Å²) in [5, 5.41) is 0. The van der Waals surface area contributed by atoms with Gasteiger partial charge in [0.2, 0.25) is 10.0 Å². The van der Waals surface area contributed by atoms with Crippen molar-refractivity contribution in [1.82, 2.24) is 4.31 Å². The quantitative estimate of drug-likeness (QED) is 0.872. The van der Waals surface area contributed by atoms with Gasteiger partial charge in [-0.3, -0.25) is 0 Å². The highest BCUT2D eigenvalue weighted by atomic mass is 79.9. The first kappa shape index (κ1) is 17.9. The van der Waals surface area contributed by atoms with Gasteiger partial charge in [0, 0.05) is 23.6 Å². The average molecular weight is 384 g/mol. The molecule has 0 bridgehead atoms. The second-order valence-electron chi connectivity index (χ2n) is 4.97. The summed E-state index contributed by atoms with van der Waals surface area (Å²) in [5.74, 6) is 0.302. The predicted octanol–water partition coefficient (Wildman–Crippen LogP) is 2.62. The number of piperidine rings is 1. The van der Waals surface area contributed by atoms with Gasteiger partial charge in [-0.15, -0.1) is 12.4 Å². The van der Waals surface area contributed by atoms with Crippen LogP contribution in [0.4, 0.5) is 0 Å². The number of sulfonamides is 1. The van der Waals surface area contributed by atoms with Crippen LogP contribution in [0, 0.1) is 5.92 Å². The molecule has 1 aromatic carbocycles. The molecule has 1 fully saturated rings. The number of hydrogen-bond acceptors (Lipinski definition) is 3. The van der Waals surface area contributed by atoms with Crippen molar-refractivity contribution in [2.24, 2.45) is 11.7 Å². The minimum atomic E-state index is -3.48. The minimum Gasteiger partial charge on any atom is -0.329 e. The Balaban J connectivity index is 0.00000200. The average Bonchev–Trinajstić information content (AvgIpc) is 2.38. The molecule has 0 aliphatic carbocycles. The molecule has 0 spiro atoms. The number of nitrogens with two attached hydrogens (primary N) is 1. The lowest BCUT2D eigenvalue weighted by molar-refractivity contribution is 0.192. The van der Waals surface area contributed by atoms with Crippen LogP contribution in [-0.4, -0.2) is 31.9 Å². The Morgan fingerprint density at radius 2 is 2.05 bits per heavy atom. The first-order valence-electron chi connectivity index (χ1n) is 6.45. The van der Waals surface area contributed by atoms with E-state index < -0.39 is 10.0 Å². The van der Waals surface area contributed by atoms with E-state index >= 15 is 0 Å². The number of rotatable bonds is 3. The smallest absolute Gasteiger partial charge is 0.244 e. The maximum absolute atomic E-state index is 12.8. The lowest BCUT2D eigenvalue weighted by atomic mass is 9.93. The zero-order chi connectivity index (χ0) is 14.0. The van der Waals surface area contributed by atoms with Crippen LogP contribution in [0.25, 0.3) is 0 Å². The lowest BCUT2D eigenvalue weighted by Crippen LogP contribution is -2.51. The van der Waals surface area contributed by atoms with Crippen LogP contribution >= 0.6 is 28.3 Å². The molecule has 4 nitrogen and oxygen atoms in total. The third kappa shape index (κ3) is 3.36. The van der Waals surface area contributed by atoms with E-state index in [1.165, 1.54) is 0 Å². The summed E-state index contributed by atoms with van der Waals surface area (Å²) in [5.41, 5.74) is 5.78. The van der Waals surface area contributed by atoms with Gasteiger partial charge in [-0.05, 0) is 46.8 Å². The molecular weight excluding hydrogens is 364 g/mol. The fourth-order valence-corrected chi connectivity index (χ4v) is 5.38. The van der Waals surface area contributed by atoms with Gasteiger partial charge >= 0.3 is 0 Å². The van der Waals surface area contributed by atoms with Crippen LogP contribution in [-0.2, 0) is 10.0 Å². The molecule has 1 aliphatic rings.